The molecule has 1 aromatic rings. The highest BCUT2D eigenvalue weighted by atomic mass is 16.2. The van der Waals surface area contributed by atoms with E-state index in [9.17, 15) is 4.79 Å². The Bertz CT molecular complexity index is 430. The first kappa shape index (κ1) is 12.1. The van der Waals surface area contributed by atoms with Crippen molar-refractivity contribution in [3.8, 4) is 0 Å². The Morgan fingerprint density at radius 2 is 2.18 bits per heavy atom. The standard InChI is InChI=1S/C14H20N2O/c1-11-6-4-7-12(10-11)14(2)13(17)16(3)9-5-8-15-14/h4,6-7,10,15H,5,8-9H2,1-3H3. The van der Waals surface area contributed by atoms with Gasteiger partial charge in [-0.2, -0.15) is 0 Å². The molecular formula is C14H20N2O. The van der Waals surface area contributed by atoms with Gasteiger partial charge in [-0.1, -0.05) is 29.8 Å². The SMILES string of the molecule is Cc1cccc(C2(C)NCCCN(C)C2=O)c1. The Morgan fingerprint density at radius 1 is 1.41 bits per heavy atom. The summed E-state index contributed by atoms with van der Waals surface area (Å²) in [6.45, 7) is 5.73. The third-order valence-electron chi connectivity index (χ3n) is 3.52. The molecule has 2 rings (SSSR count). The van der Waals surface area contributed by atoms with Gasteiger partial charge in [0.05, 0.1) is 0 Å². The number of carbonyl (C=O) groups excluding carboxylic acids is 1. The first-order valence-corrected chi connectivity index (χ1v) is 6.12. The van der Waals surface area contributed by atoms with E-state index in [-0.39, 0.29) is 5.91 Å². The molecule has 1 N–H and O–H groups in total. The predicted octanol–water partition coefficient (Wildman–Crippen LogP) is 1.66. The van der Waals surface area contributed by atoms with Crippen LogP contribution in [-0.4, -0.2) is 30.9 Å². The predicted molar refractivity (Wildman–Crippen MR) is 68.8 cm³/mol. The van der Waals surface area contributed by atoms with Crippen LogP contribution in [0.2, 0.25) is 0 Å². The van der Waals surface area contributed by atoms with E-state index in [1.54, 1.807) is 0 Å². The van der Waals surface area contributed by atoms with Gasteiger partial charge in [-0.3, -0.25) is 10.1 Å². The minimum Gasteiger partial charge on any atom is -0.344 e. The zero-order valence-electron chi connectivity index (χ0n) is 10.8. The highest BCUT2D eigenvalue weighted by Gasteiger charge is 2.38. The first-order chi connectivity index (χ1) is 8.04. The van der Waals surface area contributed by atoms with Gasteiger partial charge in [-0.05, 0) is 32.4 Å². The molecule has 17 heavy (non-hydrogen) atoms. The third-order valence-corrected chi connectivity index (χ3v) is 3.52. The van der Waals surface area contributed by atoms with Crippen LogP contribution in [0.3, 0.4) is 0 Å². The minimum absolute atomic E-state index is 0.153. The van der Waals surface area contributed by atoms with Gasteiger partial charge in [0.25, 0.3) is 0 Å². The number of aryl methyl sites for hydroxylation is 1. The Kier molecular flexibility index (Phi) is 3.20. The van der Waals surface area contributed by atoms with Crippen LogP contribution in [0.25, 0.3) is 0 Å². The minimum atomic E-state index is -0.586. The Labute approximate surface area is 103 Å². The van der Waals surface area contributed by atoms with E-state index in [2.05, 4.69) is 24.4 Å². The summed E-state index contributed by atoms with van der Waals surface area (Å²) >= 11 is 0. The number of hydrogen-bond donors (Lipinski definition) is 1. The van der Waals surface area contributed by atoms with Gasteiger partial charge in [0.15, 0.2) is 0 Å². The van der Waals surface area contributed by atoms with Crippen molar-refractivity contribution in [3.05, 3.63) is 35.4 Å². The summed E-state index contributed by atoms with van der Waals surface area (Å²) in [5, 5.41) is 3.39. The molecule has 0 bridgehead atoms. The molecule has 1 unspecified atom stereocenters. The summed E-state index contributed by atoms with van der Waals surface area (Å²) in [4.78, 5) is 14.3. The average Bonchev–Trinajstić information content (AvgIpc) is 2.44. The largest absolute Gasteiger partial charge is 0.344 e. The lowest BCUT2D eigenvalue weighted by molar-refractivity contribution is -0.135. The van der Waals surface area contributed by atoms with Crippen LogP contribution < -0.4 is 5.32 Å². The van der Waals surface area contributed by atoms with Crippen LogP contribution in [0, 0.1) is 6.92 Å². The number of benzene rings is 1. The summed E-state index contributed by atoms with van der Waals surface area (Å²) in [5.74, 6) is 0.153. The van der Waals surface area contributed by atoms with E-state index < -0.39 is 5.54 Å². The molecule has 1 saturated heterocycles. The van der Waals surface area contributed by atoms with Crippen molar-refractivity contribution < 1.29 is 4.79 Å². The van der Waals surface area contributed by atoms with Crippen LogP contribution in [0.1, 0.15) is 24.5 Å². The molecule has 1 aliphatic heterocycles. The smallest absolute Gasteiger partial charge is 0.246 e. The lowest BCUT2D eigenvalue weighted by Crippen LogP contribution is -2.50. The van der Waals surface area contributed by atoms with Crippen molar-refractivity contribution in [2.75, 3.05) is 20.1 Å². The molecule has 0 aliphatic carbocycles. The zero-order chi connectivity index (χ0) is 12.5. The number of hydrogen-bond acceptors (Lipinski definition) is 2. The fourth-order valence-corrected chi connectivity index (χ4v) is 2.40. The fourth-order valence-electron chi connectivity index (χ4n) is 2.40. The van der Waals surface area contributed by atoms with E-state index in [4.69, 9.17) is 0 Å². The second-order valence-corrected chi connectivity index (χ2v) is 5.00. The molecule has 0 saturated carbocycles. The lowest BCUT2D eigenvalue weighted by Gasteiger charge is -2.31. The molecule has 0 aromatic heterocycles. The van der Waals surface area contributed by atoms with Crippen molar-refractivity contribution in [1.29, 1.82) is 0 Å². The summed E-state index contributed by atoms with van der Waals surface area (Å²) < 4.78 is 0. The van der Waals surface area contributed by atoms with Crippen LogP contribution in [0.15, 0.2) is 24.3 Å². The maximum absolute atomic E-state index is 12.4. The van der Waals surface area contributed by atoms with Crippen molar-refractivity contribution >= 4 is 5.91 Å². The molecule has 1 heterocycles. The second kappa shape index (κ2) is 4.49. The lowest BCUT2D eigenvalue weighted by atomic mass is 9.89. The normalized spacial score (nSPS) is 25.8. The molecular weight excluding hydrogens is 212 g/mol. The molecule has 92 valence electrons. The molecule has 1 aromatic carbocycles. The van der Waals surface area contributed by atoms with E-state index in [1.165, 1.54) is 5.56 Å². The fraction of sp³-hybridized carbons (Fsp3) is 0.500. The summed E-state index contributed by atoms with van der Waals surface area (Å²) in [7, 11) is 1.88. The zero-order valence-corrected chi connectivity index (χ0v) is 10.8. The molecule has 1 atom stereocenters. The van der Waals surface area contributed by atoms with Crippen molar-refractivity contribution in [2.24, 2.45) is 0 Å². The van der Waals surface area contributed by atoms with Gasteiger partial charge in [0, 0.05) is 13.6 Å². The van der Waals surface area contributed by atoms with Gasteiger partial charge in [0.1, 0.15) is 5.54 Å². The molecule has 3 heteroatoms. The third kappa shape index (κ3) is 2.20. The number of nitrogens with one attached hydrogen (secondary N) is 1. The van der Waals surface area contributed by atoms with Crippen LogP contribution in [0.5, 0.6) is 0 Å². The molecule has 0 spiro atoms. The van der Waals surface area contributed by atoms with Crippen molar-refractivity contribution in [2.45, 2.75) is 25.8 Å². The Hall–Kier alpha value is -1.35. The van der Waals surface area contributed by atoms with E-state index in [0.29, 0.717) is 0 Å². The number of carbonyl (C=O) groups is 1. The highest BCUT2D eigenvalue weighted by Crippen LogP contribution is 2.25. The first-order valence-electron chi connectivity index (χ1n) is 6.12. The van der Waals surface area contributed by atoms with Crippen molar-refractivity contribution in [3.63, 3.8) is 0 Å². The molecule has 0 radical (unpaired) electrons. The number of rotatable bonds is 1. The average molecular weight is 232 g/mol. The maximum Gasteiger partial charge on any atom is 0.246 e. The summed E-state index contributed by atoms with van der Waals surface area (Å²) in [5.41, 5.74) is 1.65. The van der Waals surface area contributed by atoms with E-state index in [0.717, 1.165) is 25.1 Å². The van der Waals surface area contributed by atoms with Crippen molar-refractivity contribution in [1.82, 2.24) is 10.2 Å². The maximum atomic E-state index is 12.4. The molecule has 1 fully saturated rings. The second-order valence-electron chi connectivity index (χ2n) is 5.00. The number of nitrogens with zero attached hydrogens (tertiary/aromatic N) is 1. The van der Waals surface area contributed by atoms with Gasteiger partial charge in [0.2, 0.25) is 5.91 Å². The van der Waals surface area contributed by atoms with E-state index in [1.807, 2.05) is 31.0 Å². The number of likely N-dealkylation sites (N-methyl/N-ethyl adjacent to an activating group) is 1. The quantitative estimate of drug-likeness (QED) is 0.798. The topological polar surface area (TPSA) is 32.3 Å². The van der Waals surface area contributed by atoms with Gasteiger partial charge < -0.3 is 4.90 Å². The molecule has 3 nitrogen and oxygen atoms in total. The van der Waals surface area contributed by atoms with Gasteiger partial charge in [-0.15, -0.1) is 0 Å². The number of amides is 1. The Balaban J connectivity index is 2.42. The Morgan fingerprint density at radius 3 is 2.88 bits per heavy atom. The van der Waals surface area contributed by atoms with Gasteiger partial charge >= 0.3 is 0 Å². The molecule has 1 aliphatic rings. The highest BCUT2D eigenvalue weighted by molar-refractivity contribution is 5.87. The molecule has 1 amide bonds. The van der Waals surface area contributed by atoms with Gasteiger partial charge in [-0.25, -0.2) is 0 Å². The summed E-state index contributed by atoms with van der Waals surface area (Å²) in [6, 6.07) is 8.18. The summed E-state index contributed by atoms with van der Waals surface area (Å²) in [6.07, 6.45) is 1.00. The van der Waals surface area contributed by atoms with Crippen LogP contribution in [-0.2, 0) is 10.3 Å². The van der Waals surface area contributed by atoms with Crippen LogP contribution >= 0.6 is 0 Å². The monoisotopic (exact) mass is 232 g/mol. The van der Waals surface area contributed by atoms with E-state index >= 15 is 0 Å². The van der Waals surface area contributed by atoms with Crippen LogP contribution in [0.4, 0.5) is 0 Å².